The molecule has 0 N–H and O–H groups in total. The summed E-state index contributed by atoms with van der Waals surface area (Å²) in [5.74, 6) is 0. The van der Waals surface area contributed by atoms with Crippen LogP contribution in [0.1, 0.15) is 72.9 Å². The van der Waals surface area contributed by atoms with Crippen LogP contribution in [0.3, 0.4) is 0 Å². The quantitative estimate of drug-likeness (QED) is 0.276. The van der Waals surface area contributed by atoms with Gasteiger partial charge in [-0.3, -0.25) is 0 Å². The molecule has 1 aliphatic carbocycles. The van der Waals surface area contributed by atoms with Crippen LogP contribution < -0.4 is 4.90 Å². The van der Waals surface area contributed by atoms with Gasteiger partial charge in [0.05, 0.1) is 11.2 Å². The Labute approximate surface area is 228 Å². The molecule has 0 atom stereocenters. The van der Waals surface area contributed by atoms with Gasteiger partial charge in [-0.05, 0) is 141 Å². The maximum absolute atomic E-state index is 6.74. The molecule has 4 aromatic carbocycles. The van der Waals surface area contributed by atoms with E-state index in [-0.39, 0.29) is 11.2 Å². The molecule has 6 rings (SSSR count). The highest BCUT2D eigenvalue weighted by atomic mass is 16.5. The van der Waals surface area contributed by atoms with Crippen molar-refractivity contribution in [3.05, 3.63) is 112 Å². The van der Waals surface area contributed by atoms with Gasteiger partial charge in [0, 0.05) is 17.1 Å². The maximum atomic E-state index is 6.74. The second-order valence-electron chi connectivity index (χ2n) is 12.1. The van der Waals surface area contributed by atoms with Crippen LogP contribution in [0.15, 0.2) is 78.9 Å². The number of hydrogen-bond donors (Lipinski definition) is 0. The third-order valence-corrected chi connectivity index (χ3v) is 8.41. The van der Waals surface area contributed by atoms with Gasteiger partial charge in [-0.1, -0.05) is 49.2 Å². The van der Waals surface area contributed by atoms with Gasteiger partial charge in [-0.25, -0.2) is 0 Å². The summed E-state index contributed by atoms with van der Waals surface area (Å²) in [4.78, 5) is 2.38. The number of hydrogen-bond acceptors (Lipinski definition) is 2. The molecule has 0 saturated heterocycles. The van der Waals surface area contributed by atoms with E-state index in [9.17, 15) is 0 Å². The zero-order chi connectivity index (χ0) is 26.7. The SMILES string of the molecule is Cc1cc(C)cc(N(c2ccc(-c3ccc4c(c3)C(C)(C)OC43CCCC3)cc2)c2cc(C)cc(C)c2)c1. The van der Waals surface area contributed by atoms with Crippen LogP contribution in [0.4, 0.5) is 17.1 Å². The van der Waals surface area contributed by atoms with E-state index in [2.05, 4.69) is 125 Å². The number of fused-ring (bicyclic) bond motifs is 2. The molecule has 2 heteroatoms. The lowest BCUT2D eigenvalue weighted by atomic mass is 9.85. The van der Waals surface area contributed by atoms with Crippen molar-refractivity contribution in [2.45, 2.75) is 78.4 Å². The molecule has 38 heavy (non-hydrogen) atoms. The van der Waals surface area contributed by atoms with Gasteiger partial charge in [0.25, 0.3) is 0 Å². The van der Waals surface area contributed by atoms with Crippen molar-refractivity contribution >= 4 is 17.1 Å². The minimum Gasteiger partial charge on any atom is -0.360 e. The summed E-state index contributed by atoms with van der Waals surface area (Å²) >= 11 is 0. The molecule has 0 radical (unpaired) electrons. The fraction of sp³-hybridized carbons (Fsp3) is 0.333. The van der Waals surface area contributed by atoms with E-state index >= 15 is 0 Å². The van der Waals surface area contributed by atoms with E-state index in [0.717, 1.165) is 12.8 Å². The van der Waals surface area contributed by atoms with E-state index in [1.54, 1.807) is 0 Å². The van der Waals surface area contributed by atoms with Crippen LogP contribution in [-0.4, -0.2) is 0 Å². The van der Waals surface area contributed by atoms with Gasteiger partial charge in [0.15, 0.2) is 0 Å². The van der Waals surface area contributed by atoms with Crippen LogP contribution in [0.2, 0.25) is 0 Å². The summed E-state index contributed by atoms with van der Waals surface area (Å²) in [5.41, 5.74) is 13.6. The van der Waals surface area contributed by atoms with Crippen LogP contribution >= 0.6 is 0 Å². The topological polar surface area (TPSA) is 12.5 Å². The molecular weight excluding hydrogens is 462 g/mol. The van der Waals surface area contributed by atoms with Crippen molar-refractivity contribution in [2.75, 3.05) is 4.90 Å². The number of nitrogens with zero attached hydrogens (tertiary/aromatic N) is 1. The van der Waals surface area contributed by atoms with Gasteiger partial charge < -0.3 is 9.64 Å². The van der Waals surface area contributed by atoms with Crippen molar-refractivity contribution in [1.82, 2.24) is 0 Å². The monoisotopic (exact) mass is 501 g/mol. The lowest BCUT2D eigenvalue weighted by molar-refractivity contribution is -0.122. The van der Waals surface area contributed by atoms with Crippen molar-refractivity contribution in [2.24, 2.45) is 0 Å². The molecule has 4 aromatic rings. The Balaban J connectivity index is 1.40. The molecule has 1 fully saturated rings. The molecule has 1 heterocycles. The molecular formula is C36H39NO. The minimum absolute atomic E-state index is 0.0698. The average Bonchev–Trinajstić information content (AvgIpc) is 3.40. The maximum Gasteiger partial charge on any atom is 0.0946 e. The van der Waals surface area contributed by atoms with E-state index in [1.165, 1.54) is 74.4 Å². The summed E-state index contributed by atoms with van der Waals surface area (Å²) in [7, 11) is 0. The molecule has 1 spiro atoms. The second kappa shape index (κ2) is 9.13. The molecule has 1 saturated carbocycles. The van der Waals surface area contributed by atoms with E-state index < -0.39 is 0 Å². The molecule has 0 unspecified atom stereocenters. The third-order valence-electron chi connectivity index (χ3n) is 8.41. The van der Waals surface area contributed by atoms with Crippen LogP contribution in [0.5, 0.6) is 0 Å². The van der Waals surface area contributed by atoms with Crippen molar-refractivity contribution < 1.29 is 4.74 Å². The van der Waals surface area contributed by atoms with Crippen molar-refractivity contribution in [3.8, 4) is 11.1 Å². The predicted octanol–water partition coefficient (Wildman–Crippen LogP) is 10.1. The number of anilines is 3. The fourth-order valence-corrected chi connectivity index (χ4v) is 6.94. The zero-order valence-electron chi connectivity index (χ0n) is 23.7. The van der Waals surface area contributed by atoms with Crippen LogP contribution in [0, 0.1) is 27.7 Å². The second-order valence-corrected chi connectivity index (χ2v) is 12.1. The Morgan fingerprint density at radius 3 is 1.58 bits per heavy atom. The molecule has 0 aromatic heterocycles. The smallest absolute Gasteiger partial charge is 0.0946 e. The lowest BCUT2D eigenvalue weighted by Gasteiger charge is -2.28. The Morgan fingerprint density at radius 2 is 1.05 bits per heavy atom. The molecule has 2 nitrogen and oxygen atoms in total. The number of aryl methyl sites for hydroxylation is 4. The van der Waals surface area contributed by atoms with Crippen molar-refractivity contribution in [1.29, 1.82) is 0 Å². The molecule has 194 valence electrons. The highest BCUT2D eigenvalue weighted by molar-refractivity contribution is 5.79. The third kappa shape index (κ3) is 4.35. The fourth-order valence-electron chi connectivity index (χ4n) is 6.94. The highest BCUT2D eigenvalue weighted by Crippen LogP contribution is 2.55. The van der Waals surface area contributed by atoms with Crippen molar-refractivity contribution in [3.63, 3.8) is 0 Å². The van der Waals surface area contributed by atoms with Gasteiger partial charge in [0.2, 0.25) is 0 Å². The van der Waals surface area contributed by atoms with Gasteiger partial charge >= 0.3 is 0 Å². The number of ether oxygens (including phenoxy) is 1. The highest BCUT2D eigenvalue weighted by Gasteiger charge is 2.50. The van der Waals surface area contributed by atoms with Crippen LogP contribution in [-0.2, 0) is 15.9 Å². The number of rotatable bonds is 4. The van der Waals surface area contributed by atoms with Gasteiger partial charge in [0.1, 0.15) is 0 Å². The van der Waals surface area contributed by atoms with E-state index in [0.29, 0.717) is 0 Å². The molecule has 2 aliphatic rings. The minimum atomic E-state index is -0.252. The Morgan fingerprint density at radius 1 is 0.553 bits per heavy atom. The lowest BCUT2D eigenvalue weighted by Crippen LogP contribution is -2.25. The first kappa shape index (κ1) is 24.9. The normalized spacial score (nSPS) is 17.1. The summed E-state index contributed by atoms with van der Waals surface area (Å²) in [5, 5.41) is 0. The molecule has 0 amide bonds. The first-order valence-corrected chi connectivity index (χ1v) is 14.1. The largest absolute Gasteiger partial charge is 0.360 e. The summed E-state index contributed by atoms with van der Waals surface area (Å²) in [6.45, 7) is 13.2. The summed E-state index contributed by atoms with van der Waals surface area (Å²) in [6.07, 6.45) is 4.81. The number of benzene rings is 4. The Kier molecular flexibility index (Phi) is 6.00. The first-order valence-electron chi connectivity index (χ1n) is 14.1. The van der Waals surface area contributed by atoms with E-state index in [4.69, 9.17) is 4.74 Å². The molecule has 0 bridgehead atoms. The first-order chi connectivity index (χ1) is 18.1. The summed E-state index contributed by atoms with van der Waals surface area (Å²) < 4.78 is 6.74. The molecule has 1 aliphatic heterocycles. The Bertz CT molecular complexity index is 1410. The average molecular weight is 502 g/mol. The van der Waals surface area contributed by atoms with Crippen LogP contribution in [0.25, 0.3) is 11.1 Å². The zero-order valence-corrected chi connectivity index (χ0v) is 23.7. The standard InChI is InChI=1S/C36H39NO/c1-24-17-25(2)20-31(19-24)37(32-21-26(3)18-27(4)22-32)30-12-9-28(10-13-30)29-11-14-33-34(23-29)35(5,6)38-36(33)15-7-8-16-36/h9-14,17-23H,7-8,15-16H2,1-6H3. The van der Waals surface area contributed by atoms with Gasteiger partial charge in [-0.2, -0.15) is 0 Å². The predicted molar refractivity (Wildman–Crippen MR) is 160 cm³/mol. The van der Waals surface area contributed by atoms with Gasteiger partial charge in [-0.15, -0.1) is 0 Å². The summed E-state index contributed by atoms with van der Waals surface area (Å²) in [6, 6.07) is 29.7. The Hall–Kier alpha value is -3.36. The van der Waals surface area contributed by atoms with E-state index in [1.807, 2.05) is 0 Å².